The van der Waals surface area contributed by atoms with Crippen LogP contribution >= 0.6 is 11.8 Å². The molecule has 1 atom stereocenters. The maximum absolute atomic E-state index is 12.5. The van der Waals surface area contributed by atoms with Gasteiger partial charge in [0.25, 0.3) is 0 Å². The molecule has 0 aromatic heterocycles. The van der Waals surface area contributed by atoms with E-state index in [4.69, 9.17) is 5.26 Å². The molecule has 0 radical (unpaired) electrons. The fraction of sp³-hybridized carbons (Fsp3) is 0.462. The third-order valence-electron chi connectivity index (χ3n) is 5.70. The third-order valence-corrected chi connectivity index (χ3v) is 6.94. The fourth-order valence-electron chi connectivity index (χ4n) is 4.03. The van der Waals surface area contributed by atoms with E-state index in [0.717, 1.165) is 43.9 Å². The van der Waals surface area contributed by atoms with Crippen LogP contribution in [0, 0.1) is 17.2 Å². The molecule has 170 valence electrons. The maximum Gasteiger partial charge on any atom is 0.234 e. The van der Waals surface area contributed by atoms with Gasteiger partial charge < -0.3 is 15.5 Å². The second-order valence-corrected chi connectivity index (χ2v) is 9.85. The quantitative estimate of drug-likeness (QED) is 0.436. The molecule has 1 aliphatic heterocycles. The first kappa shape index (κ1) is 24.2. The number of anilines is 1. The number of carbonyl (C=O) groups excluding carboxylic acids is 1. The molecule has 0 spiro atoms. The van der Waals surface area contributed by atoms with Crippen molar-refractivity contribution >= 4 is 23.4 Å². The molecular weight excluding hydrogens is 416 g/mol. The number of rotatable bonds is 9. The molecule has 3 rings (SSSR count). The van der Waals surface area contributed by atoms with E-state index in [1.807, 2.05) is 6.07 Å². The van der Waals surface area contributed by atoms with Gasteiger partial charge in [0.1, 0.15) is 6.54 Å². The van der Waals surface area contributed by atoms with E-state index in [1.54, 1.807) is 11.8 Å². The lowest BCUT2D eigenvalue weighted by molar-refractivity contribution is -0.120. The highest BCUT2D eigenvalue weighted by Crippen LogP contribution is 2.32. The summed E-state index contributed by atoms with van der Waals surface area (Å²) in [5, 5.41) is 14.7. The van der Waals surface area contributed by atoms with Crippen LogP contribution < -0.4 is 15.5 Å². The van der Waals surface area contributed by atoms with Crippen LogP contribution in [-0.4, -0.2) is 43.9 Å². The summed E-state index contributed by atoms with van der Waals surface area (Å²) >= 11 is 1.57. The van der Waals surface area contributed by atoms with Gasteiger partial charge in [-0.15, -0.1) is 11.8 Å². The Morgan fingerprint density at radius 2 is 1.84 bits per heavy atom. The standard InChI is InChI=1S/C26H34N4OS/c1-4-20-18-22(7-10-24(20)30-15-13-28-14-16-30)21-5-8-23(9-6-21)32-25(17-19(2)3)26(31)29-12-11-27/h5-10,18-19,25,28H,4,12-17H2,1-3H3,(H,29,31). The van der Waals surface area contributed by atoms with Gasteiger partial charge >= 0.3 is 0 Å². The summed E-state index contributed by atoms with van der Waals surface area (Å²) < 4.78 is 0. The Morgan fingerprint density at radius 1 is 1.16 bits per heavy atom. The van der Waals surface area contributed by atoms with Crippen molar-refractivity contribution < 1.29 is 4.79 Å². The van der Waals surface area contributed by atoms with Crippen LogP contribution in [0.3, 0.4) is 0 Å². The number of hydrogen-bond donors (Lipinski definition) is 2. The average Bonchev–Trinajstić information content (AvgIpc) is 2.82. The first-order valence-corrected chi connectivity index (χ1v) is 12.4. The number of nitrogens with one attached hydrogen (secondary N) is 2. The SMILES string of the molecule is CCc1cc(-c2ccc(SC(CC(C)C)C(=O)NCC#N)cc2)ccc1N1CCNCC1. The van der Waals surface area contributed by atoms with Crippen LogP contribution in [0.4, 0.5) is 5.69 Å². The molecule has 5 nitrogen and oxygen atoms in total. The predicted molar refractivity (Wildman–Crippen MR) is 134 cm³/mol. The lowest BCUT2D eigenvalue weighted by Gasteiger charge is -2.31. The second-order valence-electron chi connectivity index (χ2n) is 8.57. The number of benzene rings is 2. The Hall–Kier alpha value is -2.49. The molecule has 1 saturated heterocycles. The number of aryl methyl sites for hydroxylation is 1. The highest BCUT2D eigenvalue weighted by atomic mass is 32.2. The molecule has 6 heteroatoms. The van der Waals surface area contributed by atoms with Crippen LogP contribution in [0.1, 0.15) is 32.8 Å². The predicted octanol–water partition coefficient (Wildman–Crippen LogP) is 4.47. The van der Waals surface area contributed by atoms with Crippen LogP contribution in [0.25, 0.3) is 11.1 Å². The topological polar surface area (TPSA) is 68.2 Å². The number of thioether (sulfide) groups is 1. The van der Waals surface area contributed by atoms with E-state index in [9.17, 15) is 4.79 Å². The molecule has 0 saturated carbocycles. The number of hydrogen-bond acceptors (Lipinski definition) is 5. The van der Waals surface area contributed by atoms with Gasteiger partial charge in [-0.1, -0.05) is 39.0 Å². The molecule has 32 heavy (non-hydrogen) atoms. The zero-order valence-electron chi connectivity index (χ0n) is 19.4. The Balaban J connectivity index is 1.74. The molecule has 0 aliphatic carbocycles. The highest BCUT2D eigenvalue weighted by molar-refractivity contribution is 8.00. The summed E-state index contributed by atoms with van der Waals surface area (Å²) in [7, 11) is 0. The van der Waals surface area contributed by atoms with Gasteiger partial charge in [0, 0.05) is 36.8 Å². The minimum Gasteiger partial charge on any atom is -0.369 e. The van der Waals surface area contributed by atoms with Crippen LogP contribution in [0.15, 0.2) is 47.4 Å². The van der Waals surface area contributed by atoms with Gasteiger partial charge in [0.15, 0.2) is 0 Å². The van der Waals surface area contributed by atoms with Crippen molar-refractivity contribution in [2.75, 3.05) is 37.6 Å². The smallest absolute Gasteiger partial charge is 0.234 e. The van der Waals surface area contributed by atoms with E-state index < -0.39 is 0 Å². The first-order chi connectivity index (χ1) is 15.5. The summed E-state index contributed by atoms with van der Waals surface area (Å²) in [5.41, 5.74) is 5.15. The number of piperazine rings is 1. The van der Waals surface area contributed by atoms with E-state index in [-0.39, 0.29) is 17.7 Å². The largest absolute Gasteiger partial charge is 0.369 e. The fourth-order valence-corrected chi connectivity index (χ4v) is 5.32. The Kier molecular flexibility index (Phi) is 9.01. The Bertz CT molecular complexity index is 930. The second kappa shape index (κ2) is 11.9. The highest BCUT2D eigenvalue weighted by Gasteiger charge is 2.21. The molecule has 1 aliphatic rings. The van der Waals surface area contributed by atoms with Gasteiger partial charge in [0.05, 0.1) is 11.3 Å². The zero-order valence-corrected chi connectivity index (χ0v) is 20.2. The summed E-state index contributed by atoms with van der Waals surface area (Å²) in [4.78, 5) is 16.0. The van der Waals surface area contributed by atoms with E-state index in [0.29, 0.717) is 5.92 Å². The van der Waals surface area contributed by atoms with Crippen LogP contribution in [0.2, 0.25) is 0 Å². The summed E-state index contributed by atoms with van der Waals surface area (Å²) in [6.45, 7) is 10.7. The molecular formula is C26H34N4OS. The number of nitriles is 1. The first-order valence-electron chi connectivity index (χ1n) is 11.5. The third kappa shape index (κ3) is 6.51. The molecule has 1 unspecified atom stereocenters. The minimum atomic E-state index is -0.195. The Labute approximate surface area is 196 Å². The lowest BCUT2D eigenvalue weighted by atomic mass is 10.00. The molecule has 1 amide bonds. The normalized spacial score (nSPS) is 14.8. The van der Waals surface area contributed by atoms with E-state index in [2.05, 4.69) is 78.8 Å². The van der Waals surface area contributed by atoms with Crippen molar-refractivity contribution in [1.82, 2.24) is 10.6 Å². The summed E-state index contributed by atoms with van der Waals surface area (Å²) in [6, 6.07) is 17.3. The number of amides is 1. The minimum absolute atomic E-state index is 0.0522. The van der Waals surface area contributed by atoms with Gasteiger partial charge in [-0.3, -0.25) is 4.79 Å². The number of carbonyl (C=O) groups is 1. The molecule has 2 aromatic rings. The number of nitrogens with zero attached hydrogens (tertiary/aromatic N) is 2. The molecule has 1 heterocycles. The van der Waals surface area contributed by atoms with Gasteiger partial charge in [-0.2, -0.15) is 5.26 Å². The molecule has 2 N–H and O–H groups in total. The molecule has 2 aromatic carbocycles. The summed E-state index contributed by atoms with van der Waals surface area (Å²) in [6.07, 6.45) is 1.78. The van der Waals surface area contributed by atoms with Crippen LogP contribution in [-0.2, 0) is 11.2 Å². The van der Waals surface area contributed by atoms with Gasteiger partial charge in [-0.25, -0.2) is 0 Å². The lowest BCUT2D eigenvalue weighted by Crippen LogP contribution is -2.43. The molecule has 0 bridgehead atoms. The van der Waals surface area contributed by atoms with Crippen molar-refractivity contribution in [1.29, 1.82) is 5.26 Å². The van der Waals surface area contributed by atoms with Crippen molar-refractivity contribution in [2.45, 2.75) is 43.8 Å². The van der Waals surface area contributed by atoms with E-state index in [1.165, 1.54) is 22.4 Å². The molecule has 1 fully saturated rings. The van der Waals surface area contributed by atoms with Gasteiger partial charge in [0.2, 0.25) is 5.91 Å². The van der Waals surface area contributed by atoms with Crippen molar-refractivity contribution in [3.05, 3.63) is 48.0 Å². The average molecular weight is 451 g/mol. The maximum atomic E-state index is 12.5. The van der Waals surface area contributed by atoms with Crippen molar-refractivity contribution in [2.24, 2.45) is 5.92 Å². The van der Waals surface area contributed by atoms with E-state index >= 15 is 0 Å². The van der Waals surface area contributed by atoms with Crippen molar-refractivity contribution in [3.63, 3.8) is 0 Å². The zero-order chi connectivity index (χ0) is 22.9. The van der Waals surface area contributed by atoms with Crippen molar-refractivity contribution in [3.8, 4) is 17.2 Å². The van der Waals surface area contributed by atoms with Gasteiger partial charge in [-0.05, 0) is 59.7 Å². The van der Waals surface area contributed by atoms with Crippen LogP contribution in [0.5, 0.6) is 0 Å². The monoisotopic (exact) mass is 450 g/mol. The summed E-state index contributed by atoms with van der Waals surface area (Å²) in [5.74, 6) is 0.340. The Morgan fingerprint density at radius 3 is 2.47 bits per heavy atom.